The number of nitrogens with one attached hydrogen (secondary N) is 1. The molecule has 1 N–H and O–H groups in total. The van der Waals surface area contributed by atoms with E-state index in [1.54, 1.807) is 6.92 Å². The van der Waals surface area contributed by atoms with E-state index in [9.17, 15) is 10.1 Å². The van der Waals surface area contributed by atoms with Gasteiger partial charge >= 0.3 is 6.09 Å². The van der Waals surface area contributed by atoms with Gasteiger partial charge < -0.3 is 4.74 Å². The molecule has 0 fully saturated rings. The molecule has 5 heteroatoms. The lowest BCUT2D eigenvalue weighted by Gasteiger charge is -2.08. The summed E-state index contributed by atoms with van der Waals surface area (Å²) >= 11 is 1.53. The first-order valence-electron chi connectivity index (χ1n) is 6.74. The second-order valence-electron chi connectivity index (χ2n) is 4.58. The van der Waals surface area contributed by atoms with Gasteiger partial charge in [0.15, 0.2) is 0 Å². The van der Waals surface area contributed by atoms with Crippen LogP contribution in [-0.4, -0.2) is 12.7 Å². The van der Waals surface area contributed by atoms with Crippen molar-refractivity contribution in [2.75, 3.05) is 11.9 Å². The van der Waals surface area contributed by atoms with Crippen LogP contribution in [0.15, 0.2) is 0 Å². The number of hydrogen-bond acceptors (Lipinski definition) is 4. The first-order chi connectivity index (χ1) is 9.26. The summed E-state index contributed by atoms with van der Waals surface area (Å²) in [6.07, 6.45) is 6.24. The summed E-state index contributed by atoms with van der Waals surface area (Å²) < 4.78 is 4.87. The maximum absolute atomic E-state index is 11.5. The standard InChI is InChI=1S/C14H18N2O2S/c1-2-18-14(17)16-13-11(9-15)10-7-5-3-4-6-8-12(10)19-13/h2-8H2,1H3,(H,16,17). The average molecular weight is 278 g/mol. The summed E-state index contributed by atoms with van der Waals surface area (Å²) in [7, 11) is 0. The van der Waals surface area contributed by atoms with Crippen LogP contribution in [0.5, 0.6) is 0 Å². The molecule has 0 bridgehead atoms. The molecule has 19 heavy (non-hydrogen) atoms. The lowest BCUT2D eigenvalue weighted by atomic mass is 9.97. The average Bonchev–Trinajstić information content (AvgIpc) is 2.66. The van der Waals surface area contributed by atoms with Crippen molar-refractivity contribution in [2.45, 2.75) is 45.4 Å². The summed E-state index contributed by atoms with van der Waals surface area (Å²) in [5, 5.41) is 12.7. The first-order valence-corrected chi connectivity index (χ1v) is 7.56. The third-order valence-corrected chi connectivity index (χ3v) is 4.48. The number of fused-ring (bicyclic) bond motifs is 1. The Kier molecular flexibility index (Phi) is 4.80. The molecule has 1 aromatic heterocycles. The fraction of sp³-hybridized carbons (Fsp3) is 0.571. The van der Waals surface area contributed by atoms with Crippen LogP contribution in [0, 0.1) is 11.3 Å². The van der Waals surface area contributed by atoms with E-state index in [0.29, 0.717) is 17.2 Å². The predicted octanol–water partition coefficient (Wildman–Crippen LogP) is 3.85. The Bertz CT molecular complexity index is 502. The fourth-order valence-corrected chi connectivity index (χ4v) is 3.61. The molecule has 0 aliphatic heterocycles. The Balaban J connectivity index is 2.26. The van der Waals surface area contributed by atoms with E-state index in [2.05, 4.69) is 11.4 Å². The monoisotopic (exact) mass is 278 g/mol. The second kappa shape index (κ2) is 6.58. The van der Waals surface area contributed by atoms with Gasteiger partial charge in [-0.2, -0.15) is 5.26 Å². The van der Waals surface area contributed by atoms with Gasteiger partial charge in [0.1, 0.15) is 11.1 Å². The third kappa shape index (κ3) is 3.27. The molecule has 1 aliphatic carbocycles. The van der Waals surface area contributed by atoms with Crippen LogP contribution < -0.4 is 5.32 Å². The zero-order valence-electron chi connectivity index (χ0n) is 11.1. The third-order valence-electron chi connectivity index (χ3n) is 3.27. The molecule has 102 valence electrons. The van der Waals surface area contributed by atoms with E-state index in [-0.39, 0.29) is 0 Å². The van der Waals surface area contributed by atoms with Crippen LogP contribution in [-0.2, 0) is 17.6 Å². The Morgan fingerprint density at radius 1 is 1.37 bits per heavy atom. The lowest BCUT2D eigenvalue weighted by Crippen LogP contribution is -2.13. The quantitative estimate of drug-likeness (QED) is 0.893. The first kappa shape index (κ1) is 13.9. The summed E-state index contributed by atoms with van der Waals surface area (Å²) in [6.45, 7) is 2.09. The molecule has 0 atom stereocenters. The maximum atomic E-state index is 11.5. The number of nitrogens with zero attached hydrogens (tertiary/aromatic N) is 1. The summed E-state index contributed by atoms with van der Waals surface area (Å²) in [5.74, 6) is 0. The highest BCUT2D eigenvalue weighted by atomic mass is 32.1. The molecule has 2 rings (SSSR count). The Hall–Kier alpha value is -1.54. The van der Waals surface area contributed by atoms with Crippen molar-refractivity contribution in [3.63, 3.8) is 0 Å². The number of amides is 1. The summed E-state index contributed by atoms with van der Waals surface area (Å²) in [6, 6.07) is 2.24. The molecule has 0 radical (unpaired) electrons. The zero-order valence-corrected chi connectivity index (χ0v) is 11.9. The van der Waals surface area contributed by atoms with Crippen molar-refractivity contribution in [3.05, 3.63) is 16.0 Å². The Labute approximate surface area is 117 Å². The Morgan fingerprint density at radius 2 is 2.11 bits per heavy atom. The van der Waals surface area contributed by atoms with Gasteiger partial charge in [0.2, 0.25) is 0 Å². The van der Waals surface area contributed by atoms with E-state index in [1.165, 1.54) is 29.1 Å². The van der Waals surface area contributed by atoms with Gasteiger partial charge in [0.25, 0.3) is 0 Å². The Morgan fingerprint density at radius 3 is 2.79 bits per heavy atom. The van der Waals surface area contributed by atoms with Gasteiger partial charge in [-0.05, 0) is 38.2 Å². The molecular weight excluding hydrogens is 260 g/mol. The highest BCUT2D eigenvalue weighted by molar-refractivity contribution is 7.16. The number of carbonyl (C=O) groups is 1. The highest BCUT2D eigenvalue weighted by Crippen LogP contribution is 2.36. The van der Waals surface area contributed by atoms with Gasteiger partial charge in [-0.15, -0.1) is 11.3 Å². The number of ether oxygens (including phenoxy) is 1. The topological polar surface area (TPSA) is 62.1 Å². The minimum atomic E-state index is -0.478. The van der Waals surface area contributed by atoms with E-state index >= 15 is 0 Å². The van der Waals surface area contributed by atoms with Gasteiger partial charge in [0.05, 0.1) is 12.2 Å². The smallest absolute Gasteiger partial charge is 0.412 e. The van der Waals surface area contributed by atoms with Crippen LogP contribution in [0.2, 0.25) is 0 Å². The zero-order chi connectivity index (χ0) is 13.7. The van der Waals surface area contributed by atoms with E-state index < -0.39 is 6.09 Å². The minimum Gasteiger partial charge on any atom is -0.450 e. The van der Waals surface area contributed by atoms with Crippen LogP contribution in [0.4, 0.5) is 9.80 Å². The fourth-order valence-electron chi connectivity index (χ4n) is 2.39. The van der Waals surface area contributed by atoms with Gasteiger partial charge in [-0.25, -0.2) is 4.79 Å². The molecule has 0 unspecified atom stereocenters. The molecule has 1 aromatic rings. The van der Waals surface area contributed by atoms with E-state index in [4.69, 9.17) is 4.74 Å². The molecule has 0 spiro atoms. The van der Waals surface area contributed by atoms with Gasteiger partial charge in [-0.3, -0.25) is 5.32 Å². The number of thiophene rings is 1. The SMILES string of the molecule is CCOC(=O)Nc1sc2c(c1C#N)CCCCCC2. The minimum absolute atomic E-state index is 0.332. The van der Waals surface area contributed by atoms with Crippen LogP contribution in [0.25, 0.3) is 0 Å². The molecule has 1 amide bonds. The van der Waals surface area contributed by atoms with Crippen LogP contribution in [0.3, 0.4) is 0 Å². The van der Waals surface area contributed by atoms with E-state index in [0.717, 1.165) is 31.2 Å². The molecule has 1 heterocycles. The maximum Gasteiger partial charge on any atom is 0.412 e. The normalized spacial score (nSPS) is 14.7. The lowest BCUT2D eigenvalue weighted by molar-refractivity contribution is 0.168. The van der Waals surface area contributed by atoms with Crippen molar-refractivity contribution in [1.82, 2.24) is 0 Å². The van der Waals surface area contributed by atoms with Crippen molar-refractivity contribution < 1.29 is 9.53 Å². The van der Waals surface area contributed by atoms with Gasteiger partial charge in [-0.1, -0.05) is 12.8 Å². The number of nitriles is 1. The molecule has 0 saturated heterocycles. The summed E-state index contributed by atoms with van der Waals surface area (Å²) in [4.78, 5) is 12.7. The number of hydrogen-bond donors (Lipinski definition) is 1. The van der Waals surface area contributed by atoms with Crippen molar-refractivity contribution in [1.29, 1.82) is 5.26 Å². The number of anilines is 1. The number of rotatable bonds is 2. The van der Waals surface area contributed by atoms with Gasteiger partial charge in [0, 0.05) is 4.88 Å². The van der Waals surface area contributed by atoms with Crippen LogP contribution in [0.1, 0.15) is 48.6 Å². The van der Waals surface area contributed by atoms with Crippen molar-refractivity contribution >= 4 is 22.4 Å². The highest BCUT2D eigenvalue weighted by Gasteiger charge is 2.20. The molecule has 4 nitrogen and oxygen atoms in total. The molecule has 1 aliphatic rings. The number of carbonyl (C=O) groups excluding carboxylic acids is 1. The predicted molar refractivity (Wildman–Crippen MR) is 75.6 cm³/mol. The van der Waals surface area contributed by atoms with E-state index in [1.807, 2.05) is 0 Å². The van der Waals surface area contributed by atoms with Crippen LogP contribution >= 0.6 is 11.3 Å². The summed E-state index contributed by atoms with van der Waals surface area (Å²) in [5.41, 5.74) is 1.77. The molecular formula is C14H18N2O2S. The largest absolute Gasteiger partial charge is 0.450 e. The second-order valence-corrected chi connectivity index (χ2v) is 5.68. The number of aryl methyl sites for hydroxylation is 1. The molecule has 0 aromatic carbocycles. The van der Waals surface area contributed by atoms with Crippen molar-refractivity contribution in [3.8, 4) is 6.07 Å². The molecule has 0 saturated carbocycles. The van der Waals surface area contributed by atoms with Crippen molar-refractivity contribution in [2.24, 2.45) is 0 Å².